The van der Waals surface area contributed by atoms with Crippen molar-refractivity contribution >= 4 is 17.4 Å². The topological polar surface area (TPSA) is 66.9 Å². The van der Waals surface area contributed by atoms with Crippen molar-refractivity contribution in [2.45, 2.75) is 20.3 Å². The molecule has 5 heteroatoms. The van der Waals surface area contributed by atoms with Gasteiger partial charge in [-0.05, 0) is 36.6 Å². The Balaban J connectivity index is 2.14. The molecule has 0 aliphatic heterocycles. The van der Waals surface area contributed by atoms with Crippen LogP contribution < -0.4 is 10.6 Å². The van der Waals surface area contributed by atoms with Crippen molar-refractivity contribution in [3.8, 4) is 0 Å². The van der Waals surface area contributed by atoms with Gasteiger partial charge in [-0.15, -0.1) is 16.8 Å². The predicted octanol–water partition coefficient (Wildman–Crippen LogP) is 3.20. The first-order valence-corrected chi connectivity index (χ1v) is 7.24. The Bertz CT molecular complexity index is 665. The Kier molecular flexibility index (Phi) is 5.25. The maximum absolute atomic E-state index is 12.3. The minimum Gasteiger partial charge on any atom is -0.365 e. The van der Waals surface area contributed by atoms with Crippen LogP contribution in [0.15, 0.2) is 43.0 Å². The first-order chi connectivity index (χ1) is 10.7. The van der Waals surface area contributed by atoms with Gasteiger partial charge in [0, 0.05) is 12.2 Å². The molecule has 114 valence electrons. The molecule has 1 aromatic heterocycles. The highest BCUT2D eigenvalue weighted by molar-refractivity contribution is 6.03. The average molecular weight is 296 g/mol. The molecule has 1 amide bonds. The first-order valence-electron chi connectivity index (χ1n) is 7.24. The number of nitrogens with one attached hydrogen (secondary N) is 2. The van der Waals surface area contributed by atoms with Crippen molar-refractivity contribution in [2.24, 2.45) is 0 Å². The van der Waals surface area contributed by atoms with Gasteiger partial charge in [0.05, 0.1) is 0 Å². The molecule has 2 rings (SSSR count). The van der Waals surface area contributed by atoms with E-state index in [1.54, 1.807) is 18.2 Å². The number of nitrogens with zero attached hydrogens (tertiary/aromatic N) is 2. The van der Waals surface area contributed by atoms with Crippen molar-refractivity contribution in [1.82, 2.24) is 10.2 Å². The number of anilines is 2. The number of carbonyl (C=O) groups excluding carboxylic acids is 1. The van der Waals surface area contributed by atoms with Gasteiger partial charge in [0.15, 0.2) is 5.69 Å². The maximum Gasteiger partial charge on any atom is 0.276 e. The van der Waals surface area contributed by atoms with E-state index < -0.39 is 0 Å². The maximum atomic E-state index is 12.3. The van der Waals surface area contributed by atoms with Gasteiger partial charge in [0.25, 0.3) is 5.91 Å². The fourth-order valence-electron chi connectivity index (χ4n) is 2.10. The molecule has 0 spiro atoms. The van der Waals surface area contributed by atoms with E-state index in [0.717, 1.165) is 23.2 Å². The van der Waals surface area contributed by atoms with Crippen LogP contribution in [-0.2, 0) is 6.42 Å². The van der Waals surface area contributed by atoms with Gasteiger partial charge in [-0.25, -0.2) is 0 Å². The molecule has 0 saturated carbocycles. The molecule has 1 heterocycles. The van der Waals surface area contributed by atoms with E-state index >= 15 is 0 Å². The fourth-order valence-corrected chi connectivity index (χ4v) is 2.10. The zero-order valence-electron chi connectivity index (χ0n) is 12.9. The lowest BCUT2D eigenvalue weighted by Gasteiger charge is -2.12. The Morgan fingerprint density at radius 2 is 2.09 bits per heavy atom. The summed E-state index contributed by atoms with van der Waals surface area (Å²) in [5, 5.41) is 13.9. The van der Waals surface area contributed by atoms with Crippen LogP contribution in [-0.4, -0.2) is 22.6 Å². The molecule has 0 fully saturated rings. The number of hydrogen-bond donors (Lipinski definition) is 2. The fraction of sp³-hybridized carbons (Fsp3) is 0.235. The molecule has 0 radical (unpaired) electrons. The second-order valence-corrected chi connectivity index (χ2v) is 4.89. The summed E-state index contributed by atoms with van der Waals surface area (Å²) in [6.07, 6.45) is 2.58. The molecule has 1 aromatic carbocycles. The number of benzene rings is 1. The number of aryl methyl sites for hydroxylation is 2. The number of amides is 1. The highest BCUT2D eigenvalue weighted by atomic mass is 16.1. The standard InChI is InChI=1S/C17H20N4O/c1-4-11-18-15-10-9-14(20-21-15)17(22)19-16-12(3)7-6-8-13(16)5-2/h4,6-10H,1,5,11H2,2-3H3,(H,18,21)(H,19,22). The Morgan fingerprint density at radius 1 is 1.27 bits per heavy atom. The molecule has 2 aromatic rings. The third-order valence-corrected chi connectivity index (χ3v) is 3.30. The van der Waals surface area contributed by atoms with Crippen LogP contribution in [0.4, 0.5) is 11.5 Å². The summed E-state index contributed by atoms with van der Waals surface area (Å²) in [7, 11) is 0. The summed E-state index contributed by atoms with van der Waals surface area (Å²) in [5.74, 6) is 0.355. The van der Waals surface area contributed by atoms with Crippen molar-refractivity contribution in [2.75, 3.05) is 17.2 Å². The summed E-state index contributed by atoms with van der Waals surface area (Å²) in [6.45, 7) is 8.25. The molecule has 0 aliphatic rings. The summed E-state index contributed by atoms with van der Waals surface area (Å²) in [6, 6.07) is 9.35. The molecule has 2 N–H and O–H groups in total. The normalized spacial score (nSPS) is 10.1. The summed E-state index contributed by atoms with van der Waals surface area (Å²) < 4.78 is 0. The van der Waals surface area contributed by atoms with Crippen molar-refractivity contribution in [3.05, 3.63) is 59.8 Å². The monoisotopic (exact) mass is 296 g/mol. The van der Waals surface area contributed by atoms with Crippen LogP contribution in [0.1, 0.15) is 28.5 Å². The van der Waals surface area contributed by atoms with Gasteiger partial charge in [-0.1, -0.05) is 31.2 Å². The van der Waals surface area contributed by atoms with E-state index in [4.69, 9.17) is 0 Å². The minimum atomic E-state index is -0.258. The zero-order chi connectivity index (χ0) is 15.9. The van der Waals surface area contributed by atoms with Crippen LogP contribution in [0.25, 0.3) is 0 Å². The summed E-state index contributed by atoms with van der Waals surface area (Å²) in [4.78, 5) is 12.3. The second-order valence-electron chi connectivity index (χ2n) is 4.89. The third-order valence-electron chi connectivity index (χ3n) is 3.30. The lowest BCUT2D eigenvalue weighted by atomic mass is 10.1. The van der Waals surface area contributed by atoms with Gasteiger partial charge in [0.2, 0.25) is 0 Å². The number of rotatable bonds is 6. The van der Waals surface area contributed by atoms with E-state index in [9.17, 15) is 4.79 Å². The van der Waals surface area contributed by atoms with Gasteiger partial charge >= 0.3 is 0 Å². The first kappa shape index (κ1) is 15.7. The van der Waals surface area contributed by atoms with Crippen LogP contribution in [0.3, 0.4) is 0 Å². The number of aromatic nitrogens is 2. The molecule has 5 nitrogen and oxygen atoms in total. The number of carbonyl (C=O) groups is 1. The molecule has 22 heavy (non-hydrogen) atoms. The number of hydrogen-bond acceptors (Lipinski definition) is 4. The van der Waals surface area contributed by atoms with Gasteiger partial charge in [-0.3, -0.25) is 4.79 Å². The molecule has 0 aliphatic carbocycles. The molecular weight excluding hydrogens is 276 g/mol. The van der Waals surface area contributed by atoms with Gasteiger partial charge in [0.1, 0.15) is 5.82 Å². The van der Waals surface area contributed by atoms with Crippen LogP contribution in [0.5, 0.6) is 0 Å². The van der Waals surface area contributed by atoms with Crippen molar-refractivity contribution in [1.29, 1.82) is 0 Å². The minimum absolute atomic E-state index is 0.258. The SMILES string of the molecule is C=CCNc1ccc(C(=O)Nc2c(C)cccc2CC)nn1. The van der Waals surface area contributed by atoms with E-state index in [1.807, 2.05) is 25.1 Å². The second kappa shape index (κ2) is 7.36. The van der Waals surface area contributed by atoms with E-state index in [2.05, 4.69) is 34.3 Å². The smallest absolute Gasteiger partial charge is 0.276 e. The summed E-state index contributed by atoms with van der Waals surface area (Å²) >= 11 is 0. The van der Waals surface area contributed by atoms with E-state index in [0.29, 0.717) is 12.4 Å². The lowest BCUT2D eigenvalue weighted by molar-refractivity contribution is 0.102. The Labute approximate surface area is 130 Å². The van der Waals surface area contributed by atoms with Gasteiger partial charge < -0.3 is 10.6 Å². The molecule has 0 saturated heterocycles. The molecule has 0 bridgehead atoms. The van der Waals surface area contributed by atoms with Crippen LogP contribution in [0.2, 0.25) is 0 Å². The predicted molar refractivity (Wildman–Crippen MR) is 89.2 cm³/mol. The molecule has 0 unspecified atom stereocenters. The van der Waals surface area contributed by atoms with Crippen molar-refractivity contribution in [3.63, 3.8) is 0 Å². The van der Waals surface area contributed by atoms with E-state index in [-0.39, 0.29) is 11.6 Å². The Hall–Kier alpha value is -2.69. The molecule has 0 atom stereocenters. The van der Waals surface area contributed by atoms with Crippen LogP contribution >= 0.6 is 0 Å². The number of para-hydroxylation sites is 1. The molecular formula is C17H20N4O. The Morgan fingerprint density at radius 3 is 2.73 bits per heavy atom. The lowest BCUT2D eigenvalue weighted by Crippen LogP contribution is -2.16. The average Bonchev–Trinajstić information content (AvgIpc) is 2.55. The highest BCUT2D eigenvalue weighted by Crippen LogP contribution is 2.21. The zero-order valence-corrected chi connectivity index (χ0v) is 12.9. The summed E-state index contributed by atoms with van der Waals surface area (Å²) in [5.41, 5.74) is 3.27. The highest BCUT2D eigenvalue weighted by Gasteiger charge is 2.12. The van der Waals surface area contributed by atoms with E-state index in [1.165, 1.54) is 0 Å². The third kappa shape index (κ3) is 3.69. The van der Waals surface area contributed by atoms with Crippen LogP contribution in [0, 0.1) is 6.92 Å². The van der Waals surface area contributed by atoms with Gasteiger partial charge in [-0.2, -0.15) is 0 Å². The van der Waals surface area contributed by atoms with Crippen molar-refractivity contribution < 1.29 is 4.79 Å². The largest absolute Gasteiger partial charge is 0.365 e. The quantitative estimate of drug-likeness (QED) is 0.803.